The summed E-state index contributed by atoms with van der Waals surface area (Å²) >= 11 is 0. The van der Waals surface area contributed by atoms with Gasteiger partial charge >= 0.3 is 6.01 Å². The fourth-order valence-corrected chi connectivity index (χ4v) is 2.54. The first-order chi connectivity index (χ1) is 12.7. The van der Waals surface area contributed by atoms with Crippen molar-refractivity contribution in [3.05, 3.63) is 47.5 Å². The Hall–Kier alpha value is -3.62. The van der Waals surface area contributed by atoms with Crippen molar-refractivity contribution in [2.45, 2.75) is 6.92 Å². The second kappa shape index (κ2) is 6.71. The predicted molar refractivity (Wildman–Crippen MR) is 90.8 cm³/mol. The summed E-state index contributed by atoms with van der Waals surface area (Å²) in [6, 6.07) is 10.5. The van der Waals surface area contributed by atoms with Gasteiger partial charge in [0.25, 0.3) is 5.91 Å². The summed E-state index contributed by atoms with van der Waals surface area (Å²) in [6.07, 6.45) is 0. The van der Waals surface area contributed by atoms with Gasteiger partial charge in [-0.1, -0.05) is 10.2 Å². The molecule has 1 amide bonds. The molecular weight excluding hydrogens is 338 g/mol. The van der Waals surface area contributed by atoms with Gasteiger partial charge in [0, 0.05) is 11.3 Å². The molecule has 4 rings (SSSR count). The quantitative estimate of drug-likeness (QED) is 0.740. The number of hydrogen-bond acceptors (Lipinski definition) is 7. The van der Waals surface area contributed by atoms with Gasteiger partial charge in [-0.2, -0.15) is 5.21 Å². The van der Waals surface area contributed by atoms with Crippen LogP contribution in [0.2, 0.25) is 0 Å². The molecular formula is C17H15N5O4. The summed E-state index contributed by atoms with van der Waals surface area (Å²) in [5.41, 5.74) is 1.97. The number of H-pyrrole nitrogens is 1. The van der Waals surface area contributed by atoms with Crippen molar-refractivity contribution < 1.29 is 19.0 Å². The standard InChI is InChI=1S/C17H15N5O4/c1-10-8-14-15(25-7-6-24-14)9-13(10)16(23)18-11-2-4-12(5-3-11)26-17-19-21-22-20-17/h2-5,8-9H,6-7H2,1H3,(H,18,23)(H,19,20,21,22). The van der Waals surface area contributed by atoms with Crippen molar-refractivity contribution in [1.82, 2.24) is 20.6 Å². The Balaban J connectivity index is 1.48. The maximum absolute atomic E-state index is 12.6. The molecule has 1 aliphatic rings. The molecule has 0 saturated heterocycles. The van der Waals surface area contributed by atoms with Gasteiger partial charge in [0.2, 0.25) is 0 Å². The lowest BCUT2D eigenvalue weighted by atomic mass is 10.1. The first kappa shape index (κ1) is 15.9. The summed E-state index contributed by atoms with van der Waals surface area (Å²) in [5.74, 6) is 1.54. The lowest BCUT2D eigenvalue weighted by molar-refractivity contribution is 0.102. The number of carbonyl (C=O) groups is 1. The maximum Gasteiger partial charge on any atom is 0.361 e. The highest BCUT2D eigenvalue weighted by molar-refractivity contribution is 6.05. The molecule has 0 atom stereocenters. The highest BCUT2D eigenvalue weighted by Crippen LogP contribution is 2.33. The third kappa shape index (κ3) is 3.27. The summed E-state index contributed by atoms with van der Waals surface area (Å²) in [6.45, 7) is 2.84. The smallest absolute Gasteiger partial charge is 0.361 e. The van der Waals surface area contributed by atoms with E-state index in [4.69, 9.17) is 14.2 Å². The fraction of sp³-hybridized carbons (Fsp3) is 0.176. The number of benzene rings is 2. The number of ether oxygens (including phenoxy) is 3. The minimum atomic E-state index is -0.230. The molecule has 1 aromatic heterocycles. The molecule has 26 heavy (non-hydrogen) atoms. The fourth-order valence-electron chi connectivity index (χ4n) is 2.54. The Morgan fingerprint density at radius 1 is 1.15 bits per heavy atom. The second-order valence-electron chi connectivity index (χ2n) is 5.59. The third-order valence-electron chi connectivity index (χ3n) is 3.78. The van der Waals surface area contributed by atoms with Crippen LogP contribution < -0.4 is 19.5 Å². The van der Waals surface area contributed by atoms with Crippen LogP contribution in [0.15, 0.2) is 36.4 Å². The Morgan fingerprint density at radius 2 is 1.88 bits per heavy atom. The summed E-state index contributed by atoms with van der Waals surface area (Å²) < 4.78 is 16.5. The molecule has 0 spiro atoms. The number of amides is 1. The van der Waals surface area contributed by atoms with Crippen LogP contribution in [0.5, 0.6) is 23.3 Å². The number of aromatic nitrogens is 4. The number of anilines is 1. The van der Waals surface area contributed by atoms with Crippen molar-refractivity contribution >= 4 is 11.6 Å². The van der Waals surface area contributed by atoms with Crippen LogP contribution in [0.4, 0.5) is 5.69 Å². The molecule has 0 fully saturated rings. The normalized spacial score (nSPS) is 12.5. The molecule has 0 aliphatic carbocycles. The Labute approximate surface area is 148 Å². The highest BCUT2D eigenvalue weighted by Gasteiger charge is 2.18. The highest BCUT2D eigenvalue weighted by atomic mass is 16.6. The van der Waals surface area contributed by atoms with Crippen LogP contribution in [0.3, 0.4) is 0 Å². The SMILES string of the molecule is Cc1cc2c(cc1C(=O)Nc1ccc(Oc3nn[nH]n3)cc1)OCCO2. The Kier molecular flexibility index (Phi) is 4.10. The molecule has 0 radical (unpaired) electrons. The van der Waals surface area contributed by atoms with E-state index >= 15 is 0 Å². The van der Waals surface area contributed by atoms with E-state index in [2.05, 4.69) is 25.9 Å². The van der Waals surface area contributed by atoms with E-state index in [-0.39, 0.29) is 11.9 Å². The molecule has 1 aliphatic heterocycles. The molecule has 0 saturated carbocycles. The number of nitrogens with one attached hydrogen (secondary N) is 2. The van der Waals surface area contributed by atoms with Crippen LogP contribution in [-0.4, -0.2) is 39.7 Å². The third-order valence-corrected chi connectivity index (χ3v) is 3.78. The zero-order valence-corrected chi connectivity index (χ0v) is 13.9. The first-order valence-corrected chi connectivity index (χ1v) is 7.92. The lowest BCUT2D eigenvalue weighted by Gasteiger charge is -2.20. The number of hydrogen-bond donors (Lipinski definition) is 2. The molecule has 2 N–H and O–H groups in total. The van der Waals surface area contributed by atoms with Gasteiger partial charge in [-0.05, 0) is 54.1 Å². The van der Waals surface area contributed by atoms with E-state index in [0.29, 0.717) is 41.7 Å². The molecule has 3 aromatic rings. The summed E-state index contributed by atoms with van der Waals surface area (Å²) in [4.78, 5) is 12.6. The van der Waals surface area contributed by atoms with E-state index < -0.39 is 0 Å². The van der Waals surface area contributed by atoms with E-state index in [1.54, 1.807) is 30.3 Å². The van der Waals surface area contributed by atoms with Crippen LogP contribution in [0.1, 0.15) is 15.9 Å². The summed E-state index contributed by atoms with van der Waals surface area (Å²) in [5, 5.41) is 16.0. The topological polar surface area (TPSA) is 111 Å². The molecule has 9 heteroatoms. The maximum atomic E-state index is 12.6. The average Bonchev–Trinajstić information content (AvgIpc) is 3.16. The zero-order valence-electron chi connectivity index (χ0n) is 13.9. The van der Waals surface area contributed by atoms with E-state index in [1.165, 1.54) is 0 Å². The van der Waals surface area contributed by atoms with E-state index in [9.17, 15) is 4.79 Å². The van der Waals surface area contributed by atoms with Gasteiger partial charge in [0.1, 0.15) is 19.0 Å². The van der Waals surface area contributed by atoms with Crippen molar-refractivity contribution in [2.24, 2.45) is 0 Å². The van der Waals surface area contributed by atoms with Gasteiger partial charge in [-0.15, -0.1) is 0 Å². The van der Waals surface area contributed by atoms with Crippen molar-refractivity contribution in [3.63, 3.8) is 0 Å². The molecule has 2 heterocycles. The predicted octanol–water partition coefficient (Wildman–Crippen LogP) is 2.32. The number of aryl methyl sites for hydroxylation is 1. The number of tetrazole rings is 1. The van der Waals surface area contributed by atoms with Gasteiger partial charge in [-0.25, -0.2) is 0 Å². The summed E-state index contributed by atoms with van der Waals surface area (Å²) in [7, 11) is 0. The largest absolute Gasteiger partial charge is 0.486 e. The van der Waals surface area contributed by atoms with Gasteiger partial charge in [0.05, 0.1) is 0 Å². The number of rotatable bonds is 4. The van der Waals surface area contributed by atoms with E-state index in [1.807, 2.05) is 13.0 Å². The average molecular weight is 353 g/mol. The number of aromatic amines is 1. The first-order valence-electron chi connectivity index (χ1n) is 7.92. The monoisotopic (exact) mass is 353 g/mol. The van der Waals surface area contributed by atoms with Crippen LogP contribution in [0.25, 0.3) is 0 Å². The lowest BCUT2D eigenvalue weighted by Crippen LogP contribution is -2.18. The van der Waals surface area contributed by atoms with Gasteiger partial charge in [0.15, 0.2) is 11.5 Å². The van der Waals surface area contributed by atoms with Crippen molar-refractivity contribution in [3.8, 4) is 23.3 Å². The van der Waals surface area contributed by atoms with Crippen molar-refractivity contribution in [1.29, 1.82) is 0 Å². The van der Waals surface area contributed by atoms with Crippen LogP contribution in [0, 0.1) is 6.92 Å². The Morgan fingerprint density at radius 3 is 2.58 bits per heavy atom. The van der Waals surface area contributed by atoms with Gasteiger partial charge in [-0.3, -0.25) is 4.79 Å². The molecule has 9 nitrogen and oxygen atoms in total. The van der Waals surface area contributed by atoms with Crippen LogP contribution in [-0.2, 0) is 0 Å². The second-order valence-corrected chi connectivity index (χ2v) is 5.59. The number of carbonyl (C=O) groups excluding carboxylic acids is 1. The van der Waals surface area contributed by atoms with Crippen LogP contribution >= 0.6 is 0 Å². The number of nitrogens with zero attached hydrogens (tertiary/aromatic N) is 3. The van der Waals surface area contributed by atoms with Gasteiger partial charge < -0.3 is 19.5 Å². The molecule has 2 aromatic carbocycles. The zero-order chi connectivity index (χ0) is 17.9. The number of fused-ring (bicyclic) bond motifs is 1. The van der Waals surface area contributed by atoms with Crippen molar-refractivity contribution in [2.75, 3.05) is 18.5 Å². The minimum Gasteiger partial charge on any atom is -0.486 e. The molecule has 0 bridgehead atoms. The minimum absolute atomic E-state index is 0.119. The Bertz CT molecular complexity index is 925. The molecule has 0 unspecified atom stereocenters. The molecule has 132 valence electrons. The van der Waals surface area contributed by atoms with E-state index in [0.717, 1.165) is 5.56 Å².